The van der Waals surface area contributed by atoms with E-state index in [1.54, 1.807) is 12.1 Å². The van der Waals surface area contributed by atoms with Crippen molar-refractivity contribution in [2.24, 2.45) is 0 Å². The number of hydrogen-bond acceptors (Lipinski definition) is 2. The molecule has 1 fully saturated rings. The van der Waals surface area contributed by atoms with Gasteiger partial charge in [-0.2, -0.15) is 0 Å². The Kier molecular flexibility index (Phi) is 2.91. The molecule has 0 saturated carbocycles. The zero-order valence-electron chi connectivity index (χ0n) is 8.66. The molecule has 1 amide bonds. The van der Waals surface area contributed by atoms with Crippen molar-refractivity contribution in [3.05, 3.63) is 28.5 Å². The van der Waals surface area contributed by atoms with Crippen LogP contribution >= 0.6 is 11.6 Å². The number of carbonyl (C=O) groups excluding carboxylic acids is 1. The summed E-state index contributed by atoms with van der Waals surface area (Å²) in [4.78, 5) is 18.0. The molecule has 0 aromatic carbocycles. The Morgan fingerprint density at radius 2 is 2.07 bits per heavy atom. The molecule has 0 atom stereocenters. The zero-order valence-corrected chi connectivity index (χ0v) is 9.42. The maximum atomic E-state index is 12.0. The van der Waals surface area contributed by atoms with E-state index in [9.17, 15) is 4.79 Å². The number of carbonyl (C=O) groups is 1. The van der Waals surface area contributed by atoms with E-state index in [0.29, 0.717) is 16.4 Å². The monoisotopic (exact) mass is 224 g/mol. The molecule has 2 heterocycles. The standard InChI is InChI=1S/C11H13ClN2O/c1-8-9(4-5-10(12)13-8)11(15)14-6-2-3-7-14/h4-5H,2-3,6-7H2,1H3. The van der Waals surface area contributed by atoms with E-state index < -0.39 is 0 Å². The van der Waals surface area contributed by atoms with Gasteiger partial charge in [0.15, 0.2) is 0 Å². The topological polar surface area (TPSA) is 33.2 Å². The Morgan fingerprint density at radius 3 is 2.67 bits per heavy atom. The molecule has 0 aliphatic carbocycles. The van der Waals surface area contributed by atoms with E-state index in [2.05, 4.69) is 4.98 Å². The number of aryl methyl sites for hydroxylation is 1. The molecule has 1 saturated heterocycles. The van der Waals surface area contributed by atoms with Crippen LogP contribution in [0, 0.1) is 6.92 Å². The van der Waals surface area contributed by atoms with Crippen LogP contribution in [0.3, 0.4) is 0 Å². The van der Waals surface area contributed by atoms with Crippen LogP contribution in [-0.4, -0.2) is 28.9 Å². The second-order valence-electron chi connectivity index (χ2n) is 3.77. The van der Waals surface area contributed by atoms with Gasteiger partial charge in [0.2, 0.25) is 0 Å². The van der Waals surface area contributed by atoms with Gasteiger partial charge in [-0.05, 0) is 31.9 Å². The summed E-state index contributed by atoms with van der Waals surface area (Å²) in [6.45, 7) is 3.54. The summed E-state index contributed by atoms with van der Waals surface area (Å²) >= 11 is 5.75. The van der Waals surface area contributed by atoms with E-state index in [4.69, 9.17) is 11.6 Å². The van der Waals surface area contributed by atoms with Crippen LogP contribution in [-0.2, 0) is 0 Å². The van der Waals surface area contributed by atoms with Crippen molar-refractivity contribution >= 4 is 17.5 Å². The van der Waals surface area contributed by atoms with Gasteiger partial charge in [0, 0.05) is 13.1 Å². The summed E-state index contributed by atoms with van der Waals surface area (Å²) in [5.74, 6) is 0.0779. The molecule has 1 aliphatic heterocycles. The highest BCUT2D eigenvalue weighted by Crippen LogP contribution is 2.16. The van der Waals surface area contributed by atoms with Gasteiger partial charge in [-0.15, -0.1) is 0 Å². The van der Waals surface area contributed by atoms with Crippen molar-refractivity contribution in [1.29, 1.82) is 0 Å². The van der Waals surface area contributed by atoms with Crippen LogP contribution in [0.5, 0.6) is 0 Å². The van der Waals surface area contributed by atoms with Gasteiger partial charge in [0.25, 0.3) is 5.91 Å². The number of hydrogen-bond donors (Lipinski definition) is 0. The first-order valence-corrected chi connectivity index (χ1v) is 5.49. The van der Waals surface area contributed by atoms with Gasteiger partial charge >= 0.3 is 0 Å². The molecule has 1 aromatic heterocycles. The highest BCUT2D eigenvalue weighted by atomic mass is 35.5. The van der Waals surface area contributed by atoms with Gasteiger partial charge < -0.3 is 4.90 Å². The lowest BCUT2D eigenvalue weighted by Gasteiger charge is -2.16. The summed E-state index contributed by atoms with van der Waals surface area (Å²) < 4.78 is 0. The summed E-state index contributed by atoms with van der Waals surface area (Å²) in [7, 11) is 0. The van der Waals surface area contributed by atoms with Gasteiger partial charge in [-0.1, -0.05) is 11.6 Å². The van der Waals surface area contributed by atoms with E-state index in [0.717, 1.165) is 25.9 Å². The highest BCUT2D eigenvalue weighted by Gasteiger charge is 2.21. The van der Waals surface area contributed by atoms with Crippen LogP contribution < -0.4 is 0 Å². The smallest absolute Gasteiger partial charge is 0.255 e. The number of likely N-dealkylation sites (tertiary alicyclic amines) is 1. The lowest BCUT2D eigenvalue weighted by Crippen LogP contribution is -2.28. The molecule has 2 rings (SSSR count). The van der Waals surface area contributed by atoms with Crippen molar-refractivity contribution in [3.8, 4) is 0 Å². The minimum Gasteiger partial charge on any atom is -0.339 e. The molecule has 0 spiro atoms. The maximum absolute atomic E-state index is 12.0. The fraction of sp³-hybridized carbons (Fsp3) is 0.455. The number of amides is 1. The highest BCUT2D eigenvalue weighted by molar-refractivity contribution is 6.29. The average molecular weight is 225 g/mol. The molecule has 0 bridgehead atoms. The van der Waals surface area contributed by atoms with Gasteiger partial charge in [-0.25, -0.2) is 4.98 Å². The molecule has 0 N–H and O–H groups in total. The van der Waals surface area contributed by atoms with Gasteiger partial charge in [0.05, 0.1) is 11.3 Å². The normalized spacial score (nSPS) is 15.7. The Bertz CT molecular complexity index is 386. The molecular formula is C11H13ClN2O. The van der Waals surface area contributed by atoms with Gasteiger partial charge in [0.1, 0.15) is 5.15 Å². The van der Waals surface area contributed by atoms with Crippen LogP contribution in [0.15, 0.2) is 12.1 Å². The SMILES string of the molecule is Cc1nc(Cl)ccc1C(=O)N1CCCC1. The third-order valence-corrected chi connectivity index (χ3v) is 2.89. The number of aromatic nitrogens is 1. The zero-order chi connectivity index (χ0) is 10.8. The first kappa shape index (κ1) is 10.4. The maximum Gasteiger partial charge on any atom is 0.255 e. The molecule has 0 radical (unpaired) electrons. The molecule has 4 heteroatoms. The van der Waals surface area contributed by atoms with Crippen molar-refractivity contribution in [2.75, 3.05) is 13.1 Å². The molecule has 80 valence electrons. The number of halogens is 1. The van der Waals surface area contributed by atoms with E-state index >= 15 is 0 Å². The number of pyridine rings is 1. The van der Waals surface area contributed by atoms with E-state index in [1.807, 2.05) is 11.8 Å². The van der Waals surface area contributed by atoms with Crippen molar-refractivity contribution < 1.29 is 4.79 Å². The molecule has 15 heavy (non-hydrogen) atoms. The number of nitrogens with zero attached hydrogens (tertiary/aromatic N) is 2. The predicted octanol–water partition coefficient (Wildman–Crippen LogP) is 2.28. The third-order valence-electron chi connectivity index (χ3n) is 2.68. The fourth-order valence-corrected chi connectivity index (χ4v) is 2.04. The van der Waals surface area contributed by atoms with Crippen LogP contribution in [0.4, 0.5) is 0 Å². The quantitative estimate of drug-likeness (QED) is 0.686. The van der Waals surface area contributed by atoms with Crippen LogP contribution in [0.2, 0.25) is 5.15 Å². The first-order valence-electron chi connectivity index (χ1n) is 5.11. The lowest BCUT2D eigenvalue weighted by atomic mass is 10.2. The first-order chi connectivity index (χ1) is 7.18. The lowest BCUT2D eigenvalue weighted by molar-refractivity contribution is 0.0791. The molecular weight excluding hydrogens is 212 g/mol. The summed E-state index contributed by atoms with van der Waals surface area (Å²) in [6.07, 6.45) is 2.21. The summed E-state index contributed by atoms with van der Waals surface area (Å²) in [6, 6.07) is 3.42. The summed E-state index contributed by atoms with van der Waals surface area (Å²) in [5.41, 5.74) is 1.38. The average Bonchev–Trinajstić information content (AvgIpc) is 2.69. The van der Waals surface area contributed by atoms with Gasteiger partial charge in [-0.3, -0.25) is 4.79 Å². The van der Waals surface area contributed by atoms with Crippen LogP contribution in [0.25, 0.3) is 0 Å². The Labute approximate surface area is 94.1 Å². The minimum atomic E-state index is 0.0779. The summed E-state index contributed by atoms with van der Waals surface area (Å²) in [5, 5.41) is 0.436. The second-order valence-corrected chi connectivity index (χ2v) is 4.15. The van der Waals surface area contributed by atoms with Crippen molar-refractivity contribution in [2.45, 2.75) is 19.8 Å². The van der Waals surface area contributed by atoms with Crippen molar-refractivity contribution in [1.82, 2.24) is 9.88 Å². The Balaban J connectivity index is 2.24. The van der Waals surface area contributed by atoms with Crippen LogP contribution in [0.1, 0.15) is 28.9 Å². The van der Waals surface area contributed by atoms with Crippen molar-refractivity contribution in [3.63, 3.8) is 0 Å². The fourth-order valence-electron chi connectivity index (χ4n) is 1.85. The Hall–Kier alpha value is -1.09. The molecule has 3 nitrogen and oxygen atoms in total. The molecule has 0 unspecified atom stereocenters. The predicted molar refractivity (Wildman–Crippen MR) is 59.1 cm³/mol. The van der Waals surface area contributed by atoms with E-state index in [-0.39, 0.29) is 5.91 Å². The largest absolute Gasteiger partial charge is 0.339 e. The van der Waals surface area contributed by atoms with E-state index in [1.165, 1.54) is 0 Å². The Morgan fingerprint density at radius 1 is 1.40 bits per heavy atom. The molecule has 1 aromatic rings. The second kappa shape index (κ2) is 4.19. The number of rotatable bonds is 1. The minimum absolute atomic E-state index is 0.0779. The third kappa shape index (κ3) is 2.12. The molecule has 1 aliphatic rings.